The molecule has 0 aliphatic heterocycles. The van der Waals surface area contributed by atoms with E-state index in [-0.39, 0.29) is 12.5 Å². The van der Waals surface area contributed by atoms with Gasteiger partial charge in [-0.1, -0.05) is 97.1 Å². The summed E-state index contributed by atoms with van der Waals surface area (Å²) in [6, 6.07) is 32.3. The standard InChI is InChI=1S/C30H22O4/c31-18-34-29(28-25-15-7-5-11-21(25)22-12-6-8-16-26(22)28)30(32)33-17-27-23-13-3-1-9-19(23)20-10-2-4-14-24(20)27/h1-16,18,27-29H,17H2. The number of benzene rings is 4. The van der Waals surface area contributed by atoms with Crippen LogP contribution in [0, 0.1) is 0 Å². The summed E-state index contributed by atoms with van der Waals surface area (Å²) < 4.78 is 11.3. The molecule has 4 aromatic rings. The number of hydrogen-bond acceptors (Lipinski definition) is 4. The smallest absolute Gasteiger partial charge is 0.348 e. The molecule has 0 saturated carbocycles. The fourth-order valence-electron chi connectivity index (χ4n) is 5.54. The normalized spacial score (nSPS) is 14.5. The van der Waals surface area contributed by atoms with Gasteiger partial charge in [-0.15, -0.1) is 0 Å². The third-order valence-corrected chi connectivity index (χ3v) is 6.97. The van der Waals surface area contributed by atoms with Crippen LogP contribution in [0.15, 0.2) is 97.1 Å². The molecule has 0 aromatic heterocycles. The van der Waals surface area contributed by atoms with Gasteiger partial charge in [-0.05, 0) is 44.5 Å². The number of hydrogen-bond donors (Lipinski definition) is 0. The third kappa shape index (κ3) is 3.14. The molecule has 2 aliphatic carbocycles. The van der Waals surface area contributed by atoms with Crippen LogP contribution in [-0.4, -0.2) is 25.2 Å². The minimum Gasteiger partial charge on any atom is -0.462 e. The highest BCUT2D eigenvalue weighted by Crippen LogP contribution is 2.48. The summed E-state index contributed by atoms with van der Waals surface area (Å²) in [5.74, 6) is -1.00. The Balaban J connectivity index is 1.31. The average molecular weight is 447 g/mol. The molecule has 1 unspecified atom stereocenters. The molecule has 4 aromatic carbocycles. The fraction of sp³-hybridized carbons (Fsp3) is 0.133. The molecule has 6 rings (SSSR count). The van der Waals surface area contributed by atoms with Gasteiger partial charge >= 0.3 is 5.97 Å². The van der Waals surface area contributed by atoms with E-state index in [0.29, 0.717) is 6.47 Å². The van der Waals surface area contributed by atoms with E-state index in [1.807, 2.05) is 72.8 Å². The van der Waals surface area contributed by atoms with Gasteiger partial charge in [0, 0.05) is 5.92 Å². The van der Waals surface area contributed by atoms with Crippen LogP contribution >= 0.6 is 0 Å². The van der Waals surface area contributed by atoms with Crippen molar-refractivity contribution in [1.29, 1.82) is 0 Å². The van der Waals surface area contributed by atoms with E-state index in [1.165, 1.54) is 11.1 Å². The molecule has 0 bridgehead atoms. The zero-order valence-electron chi connectivity index (χ0n) is 18.4. The van der Waals surface area contributed by atoms with Gasteiger partial charge in [-0.25, -0.2) is 4.79 Å². The van der Waals surface area contributed by atoms with E-state index in [1.54, 1.807) is 0 Å². The Morgan fingerprint density at radius 1 is 0.676 bits per heavy atom. The lowest BCUT2D eigenvalue weighted by atomic mass is 9.91. The van der Waals surface area contributed by atoms with E-state index >= 15 is 0 Å². The minimum atomic E-state index is -1.06. The molecule has 0 fully saturated rings. The monoisotopic (exact) mass is 446 g/mol. The molecule has 4 heteroatoms. The summed E-state index contributed by atoms with van der Waals surface area (Å²) in [6.45, 7) is 0.525. The van der Waals surface area contributed by atoms with Gasteiger partial charge in [0.15, 0.2) is 0 Å². The van der Waals surface area contributed by atoms with Crippen molar-refractivity contribution in [3.8, 4) is 22.3 Å². The van der Waals surface area contributed by atoms with Crippen molar-refractivity contribution in [2.24, 2.45) is 0 Å². The quantitative estimate of drug-likeness (QED) is 0.282. The molecule has 34 heavy (non-hydrogen) atoms. The Bertz CT molecular complexity index is 1320. The predicted molar refractivity (Wildman–Crippen MR) is 129 cm³/mol. The lowest BCUT2D eigenvalue weighted by Crippen LogP contribution is -2.33. The molecule has 166 valence electrons. The second-order valence-corrected chi connectivity index (χ2v) is 8.66. The highest BCUT2D eigenvalue weighted by molar-refractivity contribution is 5.86. The minimum absolute atomic E-state index is 0.0589. The molecular formula is C30H22O4. The van der Waals surface area contributed by atoms with Crippen molar-refractivity contribution in [2.45, 2.75) is 17.9 Å². The first kappa shape index (κ1) is 20.4. The summed E-state index contributed by atoms with van der Waals surface area (Å²) in [4.78, 5) is 24.9. The highest BCUT2D eigenvalue weighted by Gasteiger charge is 2.41. The summed E-state index contributed by atoms with van der Waals surface area (Å²) in [5.41, 5.74) is 8.63. The Morgan fingerprint density at radius 2 is 1.09 bits per heavy atom. The zero-order valence-corrected chi connectivity index (χ0v) is 18.4. The highest BCUT2D eigenvalue weighted by atomic mass is 16.6. The van der Waals surface area contributed by atoms with E-state index in [4.69, 9.17) is 9.47 Å². The molecule has 4 nitrogen and oxygen atoms in total. The number of rotatable bonds is 6. The van der Waals surface area contributed by atoms with Crippen LogP contribution in [0.3, 0.4) is 0 Å². The summed E-state index contributed by atoms with van der Waals surface area (Å²) >= 11 is 0. The van der Waals surface area contributed by atoms with Gasteiger partial charge in [-0.2, -0.15) is 0 Å². The Kier molecular flexibility index (Phi) is 4.99. The summed E-state index contributed by atoms with van der Waals surface area (Å²) in [6.07, 6.45) is -1.06. The Hall–Kier alpha value is -4.18. The maximum Gasteiger partial charge on any atom is 0.348 e. The van der Waals surface area contributed by atoms with E-state index in [2.05, 4.69) is 24.3 Å². The first-order valence-corrected chi connectivity index (χ1v) is 11.4. The van der Waals surface area contributed by atoms with Crippen molar-refractivity contribution in [3.63, 3.8) is 0 Å². The van der Waals surface area contributed by atoms with Crippen LogP contribution in [0.25, 0.3) is 22.3 Å². The molecule has 0 N–H and O–H groups in total. The van der Waals surface area contributed by atoms with Crippen LogP contribution in [0.5, 0.6) is 0 Å². The molecule has 2 aliphatic rings. The fourth-order valence-corrected chi connectivity index (χ4v) is 5.54. The molecule has 1 atom stereocenters. The summed E-state index contributed by atoms with van der Waals surface area (Å²) in [7, 11) is 0. The SMILES string of the molecule is O=COC(C(=O)OCC1c2ccccc2-c2ccccc21)C1c2ccccc2-c2ccccc21. The maximum absolute atomic E-state index is 13.4. The van der Waals surface area contributed by atoms with Crippen LogP contribution < -0.4 is 0 Å². The van der Waals surface area contributed by atoms with Crippen molar-refractivity contribution in [1.82, 2.24) is 0 Å². The maximum atomic E-state index is 13.4. The van der Waals surface area contributed by atoms with Crippen LogP contribution in [0.4, 0.5) is 0 Å². The van der Waals surface area contributed by atoms with Crippen LogP contribution in [0.2, 0.25) is 0 Å². The van der Waals surface area contributed by atoms with Crippen molar-refractivity contribution in [3.05, 3.63) is 119 Å². The lowest BCUT2D eigenvalue weighted by Gasteiger charge is -2.23. The zero-order chi connectivity index (χ0) is 23.1. The first-order chi connectivity index (χ1) is 16.8. The van der Waals surface area contributed by atoms with Crippen LogP contribution in [-0.2, 0) is 19.1 Å². The first-order valence-electron chi connectivity index (χ1n) is 11.4. The Labute approximate surface area is 197 Å². The van der Waals surface area contributed by atoms with Gasteiger partial charge in [0.25, 0.3) is 6.47 Å². The van der Waals surface area contributed by atoms with Gasteiger partial charge in [0.05, 0.1) is 5.92 Å². The van der Waals surface area contributed by atoms with Crippen molar-refractivity contribution in [2.75, 3.05) is 6.61 Å². The molecule has 0 radical (unpaired) electrons. The number of carbonyl (C=O) groups is 2. The molecule has 0 saturated heterocycles. The molecule has 0 amide bonds. The van der Waals surface area contributed by atoms with Crippen molar-refractivity contribution >= 4 is 12.4 Å². The van der Waals surface area contributed by atoms with Crippen LogP contribution in [0.1, 0.15) is 34.1 Å². The average Bonchev–Trinajstić information content (AvgIpc) is 3.39. The van der Waals surface area contributed by atoms with Gasteiger partial charge in [0.1, 0.15) is 6.61 Å². The molecular weight excluding hydrogens is 424 g/mol. The van der Waals surface area contributed by atoms with Gasteiger partial charge in [0.2, 0.25) is 6.10 Å². The van der Waals surface area contributed by atoms with Gasteiger partial charge in [-0.3, -0.25) is 4.79 Å². The Morgan fingerprint density at radius 3 is 1.56 bits per heavy atom. The number of fused-ring (bicyclic) bond motifs is 6. The largest absolute Gasteiger partial charge is 0.462 e. The third-order valence-electron chi connectivity index (χ3n) is 6.97. The lowest BCUT2D eigenvalue weighted by molar-refractivity contribution is -0.162. The topological polar surface area (TPSA) is 52.6 Å². The van der Waals surface area contributed by atoms with E-state index in [0.717, 1.165) is 33.4 Å². The molecule has 0 spiro atoms. The van der Waals surface area contributed by atoms with Gasteiger partial charge < -0.3 is 9.47 Å². The second kappa shape index (κ2) is 8.31. The number of carbonyl (C=O) groups excluding carboxylic acids is 2. The predicted octanol–water partition coefficient (Wildman–Crippen LogP) is 5.70. The molecule has 0 heterocycles. The second-order valence-electron chi connectivity index (χ2n) is 8.66. The van der Waals surface area contributed by atoms with E-state index < -0.39 is 18.0 Å². The van der Waals surface area contributed by atoms with Crippen molar-refractivity contribution < 1.29 is 19.1 Å². The summed E-state index contributed by atoms with van der Waals surface area (Å²) in [5, 5.41) is 0. The van der Waals surface area contributed by atoms with E-state index in [9.17, 15) is 9.59 Å². The number of esters is 1. The number of ether oxygens (including phenoxy) is 2.